The van der Waals surface area contributed by atoms with Gasteiger partial charge in [0.25, 0.3) is 0 Å². The van der Waals surface area contributed by atoms with E-state index in [1.54, 1.807) is 7.11 Å². The molecular formula is C16H18N2O. The molecule has 1 fully saturated rings. The van der Waals surface area contributed by atoms with Gasteiger partial charge in [-0.05, 0) is 29.8 Å². The SMILES string of the molecule is COc1ccc(C2CNCN2c2ccccc2)cc1. The molecule has 2 aromatic rings. The second kappa shape index (κ2) is 5.33. The summed E-state index contributed by atoms with van der Waals surface area (Å²) in [4.78, 5) is 2.39. The predicted octanol–water partition coefficient (Wildman–Crippen LogP) is 2.80. The first-order chi connectivity index (χ1) is 9.38. The van der Waals surface area contributed by atoms with Gasteiger partial charge >= 0.3 is 0 Å². The third kappa shape index (κ3) is 2.42. The number of anilines is 1. The van der Waals surface area contributed by atoms with Gasteiger partial charge in [0.05, 0.1) is 19.8 Å². The highest BCUT2D eigenvalue weighted by Gasteiger charge is 2.25. The normalized spacial score (nSPS) is 18.6. The Kier molecular flexibility index (Phi) is 3.38. The number of hydrogen-bond acceptors (Lipinski definition) is 3. The first kappa shape index (κ1) is 12.1. The number of methoxy groups -OCH3 is 1. The second-order valence-electron chi connectivity index (χ2n) is 4.71. The van der Waals surface area contributed by atoms with Crippen LogP contribution < -0.4 is 15.0 Å². The average Bonchev–Trinajstić information content (AvgIpc) is 2.98. The van der Waals surface area contributed by atoms with Gasteiger partial charge in [0, 0.05) is 12.2 Å². The van der Waals surface area contributed by atoms with Gasteiger partial charge in [0.1, 0.15) is 5.75 Å². The van der Waals surface area contributed by atoms with Crippen molar-refractivity contribution in [3.63, 3.8) is 0 Å². The van der Waals surface area contributed by atoms with Gasteiger partial charge in [-0.1, -0.05) is 30.3 Å². The van der Waals surface area contributed by atoms with E-state index in [0.29, 0.717) is 6.04 Å². The molecule has 3 heteroatoms. The fourth-order valence-corrected chi connectivity index (χ4v) is 2.56. The maximum absolute atomic E-state index is 5.21. The van der Waals surface area contributed by atoms with Crippen LogP contribution in [0.25, 0.3) is 0 Å². The zero-order valence-corrected chi connectivity index (χ0v) is 11.0. The minimum absolute atomic E-state index is 0.383. The molecule has 3 nitrogen and oxygen atoms in total. The van der Waals surface area contributed by atoms with Crippen LogP contribution >= 0.6 is 0 Å². The Hall–Kier alpha value is -2.00. The number of rotatable bonds is 3. The standard InChI is InChI=1S/C16H18N2O/c1-19-15-9-7-13(8-10-15)16-11-17-12-18(16)14-5-3-2-4-6-14/h2-10,16-17H,11-12H2,1H3. The summed E-state index contributed by atoms with van der Waals surface area (Å²) in [6.07, 6.45) is 0. The lowest BCUT2D eigenvalue weighted by Gasteiger charge is -2.26. The predicted molar refractivity (Wildman–Crippen MR) is 77.5 cm³/mol. The van der Waals surface area contributed by atoms with E-state index in [0.717, 1.165) is 19.0 Å². The van der Waals surface area contributed by atoms with Gasteiger partial charge in [-0.3, -0.25) is 5.32 Å². The monoisotopic (exact) mass is 254 g/mol. The van der Waals surface area contributed by atoms with Gasteiger partial charge < -0.3 is 9.64 Å². The number of benzene rings is 2. The summed E-state index contributed by atoms with van der Waals surface area (Å²) in [5.41, 5.74) is 2.57. The van der Waals surface area contributed by atoms with Crippen molar-refractivity contribution in [3.8, 4) is 5.75 Å². The minimum Gasteiger partial charge on any atom is -0.497 e. The molecule has 3 rings (SSSR count). The summed E-state index contributed by atoms with van der Waals surface area (Å²) in [6, 6.07) is 19.3. The van der Waals surface area contributed by atoms with Crippen LogP contribution in [0.5, 0.6) is 5.75 Å². The molecule has 1 N–H and O–H groups in total. The fourth-order valence-electron chi connectivity index (χ4n) is 2.56. The van der Waals surface area contributed by atoms with E-state index >= 15 is 0 Å². The van der Waals surface area contributed by atoms with Crippen molar-refractivity contribution in [1.82, 2.24) is 5.32 Å². The average molecular weight is 254 g/mol. The van der Waals surface area contributed by atoms with E-state index in [1.807, 2.05) is 12.1 Å². The first-order valence-corrected chi connectivity index (χ1v) is 6.55. The van der Waals surface area contributed by atoms with E-state index in [-0.39, 0.29) is 0 Å². The molecule has 1 unspecified atom stereocenters. The Bertz CT molecular complexity index is 524. The largest absolute Gasteiger partial charge is 0.497 e. The van der Waals surface area contributed by atoms with Crippen molar-refractivity contribution < 1.29 is 4.74 Å². The Morgan fingerprint density at radius 1 is 1.05 bits per heavy atom. The van der Waals surface area contributed by atoms with Crippen LogP contribution in [0.15, 0.2) is 54.6 Å². The molecule has 0 radical (unpaired) electrons. The van der Waals surface area contributed by atoms with E-state index in [1.165, 1.54) is 11.3 Å². The maximum atomic E-state index is 5.21. The highest BCUT2D eigenvalue weighted by Crippen LogP contribution is 2.29. The highest BCUT2D eigenvalue weighted by atomic mass is 16.5. The van der Waals surface area contributed by atoms with Crippen LogP contribution in [0.2, 0.25) is 0 Å². The molecule has 1 heterocycles. The van der Waals surface area contributed by atoms with Crippen LogP contribution in [-0.2, 0) is 0 Å². The number of ether oxygens (including phenoxy) is 1. The van der Waals surface area contributed by atoms with Crippen molar-refractivity contribution in [2.45, 2.75) is 6.04 Å². The van der Waals surface area contributed by atoms with Crippen LogP contribution in [0, 0.1) is 0 Å². The molecule has 2 aromatic carbocycles. The molecule has 0 bridgehead atoms. The Morgan fingerprint density at radius 3 is 2.47 bits per heavy atom. The summed E-state index contributed by atoms with van der Waals surface area (Å²) in [5, 5.41) is 3.44. The summed E-state index contributed by atoms with van der Waals surface area (Å²) in [7, 11) is 1.70. The zero-order valence-electron chi connectivity index (χ0n) is 11.0. The lowest BCUT2D eigenvalue weighted by atomic mass is 10.1. The molecule has 0 aliphatic carbocycles. The molecule has 1 atom stereocenters. The molecule has 0 amide bonds. The molecular weight excluding hydrogens is 236 g/mol. The number of nitrogens with zero attached hydrogens (tertiary/aromatic N) is 1. The topological polar surface area (TPSA) is 24.5 Å². The van der Waals surface area contributed by atoms with Gasteiger partial charge in [-0.2, -0.15) is 0 Å². The zero-order chi connectivity index (χ0) is 13.1. The molecule has 1 saturated heterocycles. The number of para-hydroxylation sites is 1. The minimum atomic E-state index is 0.383. The Morgan fingerprint density at radius 2 is 1.79 bits per heavy atom. The molecule has 19 heavy (non-hydrogen) atoms. The van der Waals surface area contributed by atoms with Gasteiger partial charge in [-0.25, -0.2) is 0 Å². The maximum Gasteiger partial charge on any atom is 0.118 e. The summed E-state index contributed by atoms with van der Waals surface area (Å²) >= 11 is 0. The Labute approximate surface area is 113 Å². The number of hydrogen-bond donors (Lipinski definition) is 1. The van der Waals surface area contributed by atoms with E-state index in [2.05, 4.69) is 52.7 Å². The van der Waals surface area contributed by atoms with E-state index in [9.17, 15) is 0 Å². The highest BCUT2D eigenvalue weighted by molar-refractivity contribution is 5.50. The van der Waals surface area contributed by atoms with Crippen LogP contribution in [-0.4, -0.2) is 20.3 Å². The smallest absolute Gasteiger partial charge is 0.118 e. The second-order valence-corrected chi connectivity index (χ2v) is 4.71. The van der Waals surface area contributed by atoms with Gasteiger partial charge in [-0.15, -0.1) is 0 Å². The quantitative estimate of drug-likeness (QED) is 0.911. The number of nitrogens with one attached hydrogen (secondary N) is 1. The van der Waals surface area contributed by atoms with Crippen molar-refractivity contribution in [1.29, 1.82) is 0 Å². The van der Waals surface area contributed by atoms with Gasteiger partial charge in [0.2, 0.25) is 0 Å². The fraction of sp³-hybridized carbons (Fsp3) is 0.250. The molecule has 1 aliphatic heterocycles. The van der Waals surface area contributed by atoms with Crippen LogP contribution in [0.3, 0.4) is 0 Å². The lowest BCUT2D eigenvalue weighted by molar-refractivity contribution is 0.414. The van der Waals surface area contributed by atoms with Crippen molar-refractivity contribution in [2.24, 2.45) is 0 Å². The Balaban J connectivity index is 1.86. The van der Waals surface area contributed by atoms with Crippen molar-refractivity contribution in [2.75, 3.05) is 25.2 Å². The van der Waals surface area contributed by atoms with E-state index in [4.69, 9.17) is 4.74 Å². The van der Waals surface area contributed by atoms with E-state index < -0.39 is 0 Å². The third-order valence-corrected chi connectivity index (χ3v) is 3.58. The van der Waals surface area contributed by atoms with Crippen molar-refractivity contribution >= 4 is 5.69 Å². The van der Waals surface area contributed by atoms with Crippen molar-refractivity contribution in [3.05, 3.63) is 60.2 Å². The molecule has 0 spiro atoms. The van der Waals surface area contributed by atoms with Gasteiger partial charge in [0.15, 0.2) is 0 Å². The molecule has 98 valence electrons. The summed E-state index contributed by atoms with van der Waals surface area (Å²) in [5.74, 6) is 0.904. The third-order valence-electron chi connectivity index (χ3n) is 3.58. The lowest BCUT2D eigenvalue weighted by Crippen LogP contribution is -2.24. The molecule has 1 aliphatic rings. The van der Waals surface area contributed by atoms with Crippen LogP contribution in [0.4, 0.5) is 5.69 Å². The molecule has 0 saturated carbocycles. The first-order valence-electron chi connectivity index (χ1n) is 6.55. The summed E-state index contributed by atoms with van der Waals surface area (Å²) in [6.45, 7) is 1.86. The summed E-state index contributed by atoms with van der Waals surface area (Å²) < 4.78 is 5.21. The molecule has 0 aromatic heterocycles. The van der Waals surface area contributed by atoms with Crippen LogP contribution in [0.1, 0.15) is 11.6 Å².